The number of carbonyl (C=O) groups is 2. The second kappa shape index (κ2) is 9.96. The topological polar surface area (TPSA) is 77.8 Å². The number of allylic oxidation sites excluding steroid dienone is 3. The monoisotopic (exact) mass is 489 g/mol. The van der Waals surface area contributed by atoms with Crippen LogP contribution in [0.15, 0.2) is 86.9 Å². The van der Waals surface area contributed by atoms with Gasteiger partial charge in [-0.2, -0.15) is 0 Å². The van der Waals surface area contributed by atoms with Gasteiger partial charge in [-0.1, -0.05) is 24.3 Å². The van der Waals surface area contributed by atoms with Gasteiger partial charge in [-0.25, -0.2) is 4.79 Å². The van der Waals surface area contributed by atoms with Gasteiger partial charge in [-0.3, -0.25) is 4.79 Å². The van der Waals surface area contributed by atoms with Crippen molar-refractivity contribution in [3.8, 4) is 5.75 Å². The minimum atomic E-state index is -0.598. The number of ether oxygens (including phenoxy) is 2. The first-order valence-corrected chi connectivity index (χ1v) is 12.6. The molecule has 0 bridgehead atoms. The van der Waals surface area contributed by atoms with Crippen molar-refractivity contribution in [2.75, 3.05) is 13.2 Å². The molecule has 2 aliphatic rings. The number of esters is 1. The second-order valence-corrected chi connectivity index (χ2v) is 9.76. The molecule has 3 aromatic rings. The number of hydrogen-bond donors (Lipinski definition) is 1. The van der Waals surface area contributed by atoms with Crippen LogP contribution in [0.2, 0.25) is 0 Å². The summed E-state index contributed by atoms with van der Waals surface area (Å²) in [5, 5.41) is 5.40. The van der Waals surface area contributed by atoms with Gasteiger partial charge in [-0.05, 0) is 56.0 Å². The summed E-state index contributed by atoms with van der Waals surface area (Å²) in [5.74, 6) is 1.09. The Morgan fingerprint density at radius 1 is 1.06 bits per heavy atom. The van der Waals surface area contributed by atoms with Crippen LogP contribution in [0.25, 0.3) is 0 Å². The predicted octanol–water partition coefficient (Wildman–Crippen LogP) is 5.63. The van der Waals surface area contributed by atoms with Crippen molar-refractivity contribution in [1.82, 2.24) is 5.32 Å². The first-order valence-electron chi connectivity index (χ1n) is 11.7. The third-order valence-electron chi connectivity index (χ3n) is 6.37. The van der Waals surface area contributed by atoms with E-state index in [2.05, 4.69) is 11.4 Å². The highest BCUT2D eigenvalue weighted by Crippen LogP contribution is 2.46. The van der Waals surface area contributed by atoms with Crippen molar-refractivity contribution in [2.24, 2.45) is 0 Å². The molecule has 1 N–H and O–H groups in total. The van der Waals surface area contributed by atoms with E-state index in [0.29, 0.717) is 41.2 Å². The minimum Gasteiger partial charge on any atom is -0.490 e. The molecule has 0 saturated heterocycles. The van der Waals surface area contributed by atoms with E-state index >= 15 is 0 Å². The van der Waals surface area contributed by atoms with Crippen molar-refractivity contribution >= 4 is 23.1 Å². The molecule has 0 fully saturated rings. The Bertz CT molecular complexity index is 1290. The third-order valence-corrected chi connectivity index (χ3v) is 7.40. The van der Waals surface area contributed by atoms with Crippen LogP contribution in [0, 0.1) is 6.92 Å². The molecule has 3 heterocycles. The Balaban J connectivity index is 1.39. The van der Waals surface area contributed by atoms with Gasteiger partial charge in [0.2, 0.25) is 0 Å². The first-order chi connectivity index (χ1) is 17.0. The van der Waals surface area contributed by atoms with Crippen LogP contribution in [-0.2, 0) is 14.3 Å². The SMILES string of the molecule is CC1=C(C(=O)OCCOc2ccccc2)[C@@H](c2ccc(C)o2)C2=C(C[C@H](c3cccs3)CC2=O)N1. The van der Waals surface area contributed by atoms with E-state index in [1.165, 1.54) is 4.88 Å². The highest BCUT2D eigenvalue weighted by molar-refractivity contribution is 7.10. The average molecular weight is 490 g/mol. The molecule has 0 unspecified atom stereocenters. The van der Waals surface area contributed by atoms with Crippen LogP contribution in [0.3, 0.4) is 0 Å². The van der Waals surface area contributed by atoms with Crippen LogP contribution in [0.5, 0.6) is 5.75 Å². The van der Waals surface area contributed by atoms with Crippen molar-refractivity contribution in [3.05, 3.63) is 98.9 Å². The second-order valence-electron chi connectivity index (χ2n) is 8.78. The quantitative estimate of drug-likeness (QED) is 0.342. The van der Waals surface area contributed by atoms with Crippen LogP contribution < -0.4 is 10.1 Å². The summed E-state index contributed by atoms with van der Waals surface area (Å²) >= 11 is 1.67. The molecule has 0 spiro atoms. The Morgan fingerprint density at radius 3 is 2.60 bits per heavy atom. The van der Waals surface area contributed by atoms with E-state index < -0.39 is 11.9 Å². The number of rotatable bonds is 7. The lowest BCUT2D eigenvalue weighted by molar-refractivity contribution is -0.140. The fourth-order valence-corrected chi connectivity index (χ4v) is 5.65. The molecule has 180 valence electrons. The standard InChI is InChI=1S/C28H27NO5S/c1-17-10-11-23(34-17)27-25(28(31)33-13-12-32-20-7-4-3-5-8-20)18(2)29-21-15-19(16-22(30)26(21)27)24-9-6-14-35-24/h3-11,14,19,27,29H,12-13,15-16H2,1-2H3/t19-,27+/m0/s1. The molecule has 7 heteroatoms. The lowest BCUT2D eigenvalue weighted by Gasteiger charge is -2.35. The number of carbonyl (C=O) groups excluding carboxylic acids is 2. The van der Waals surface area contributed by atoms with Crippen LogP contribution in [0.4, 0.5) is 0 Å². The zero-order valence-electron chi connectivity index (χ0n) is 19.7. The molecule has 5 rings (SSSR count). The third kappa shape index (κ3) is 4.82. The predicted molar refractivity (Wildman–Crippen MR) is 133 cm³/mol. The fourth-order valence-electron chi connectivity index (χ4n) is 4.82. The summed E-state index contributed by atoms with van der Waals surface area (Å²) < 4.78 is 17.2. The van der Waals surface area contributed by atoms with E-state index in [-0.39, 0.29) is 24.9 Å². The summed E-state index contributed by atoms with van der Waals surface area (Å²) in [6, 6.07) is 17.2. The minimum absolute atomic E-state index is 0.0291. The molecule has 0 amide bonds. The van der Waals surface area contributed by atoms with Gasteiger partial charge >= 0.3 is 5.97 Å². The highest BCUT2D eigenvalue weighted by atomic mass is 32.1. The Labute approximate surface area is 208 Å². The molecular formula is C28H27NO5S. The van der Waals surface area contributed by atoms with Crippen molar-refractivity contribution in [3.63, 3.8) is 0 Å². The number of thiophene rings is 1. The number of ketones is 1. The molecule has 0 radical (unpaired) electrons. The van der Waals surface area contributed by atoms with E-state index in [4.69, 9.17) is 13.9 Å². The molecule has 6 nitrogen and oxygen atoms in total. The molecule has 1 aliphatic heterocycles. The van der Waals surface area contributed by atoms with Crippen molar-refractivity contribution in [1.29, 1.82) is 0 Å². The van der Waals surface area contributed by atoms with Gasteiger partial charge in [0, 0.05) is 34.2 Å². The Morgan fingerprint density at radius 2 is 1.89 bits per heavy atom. The van der Waals surface area contributed by atoms with Crippen molar-refractivity contribution in [2.45, 2.75) is 38.5 Å². The van der Waals surface area contributed by atoms with Crippen LogP contribution in [0.1, 0.15) is 48.0 Å². The van der Waals surface area contributed by atoms with Crippen LogP contribution in [-0.4, -0.2) is 25.0 Å². The largest absolute Gasteiger partial charge is 0.490 e. The van der Waals surface area contributed by atoms with Gasteiger partial charge in [0.1, 0.15) is 30.5 Å². The number of para-hydroxylation sites is 1. The molecular weight excluding hydrogens is 462 g/mol. The molecule has 35 heavy (non-hydrogen) atoms. The summed E-state index contributed by atoms with van der Waals surface area (Å²) in [6.07, 6.45) is 1.12. The fraction of sp³-hybridized carbons (Fsp3) is 0.286. The number of nitrogens with one attached hydrogen (secondary N) is 1. The highest BCUT2D eigenvalue weighted by Gasteiger charge is 2.43. The number of aryl methyl sites for hydroxylation is 1. The van der Waals surface area contributed by atoms with Gasteiger partial charge in [0.15, 0.2) is 5.78 Å². The summed E-state index contributed by atoms with van der Waals surface area (Å²) in [5.41, 5.74) is 2.54. The van der Waals surface area contributed by atoms with Crippen LogP contribution >= 0.6 is 11.3 Å². The maximum absolute atomic E-state index is 13.5. The zero-order valence-corrected chi connectivity index (χ0v) is 20.5. The van der Waals surface area contributed by atoms with Gasteiger partial charge in [0.05, 0.1) is 11.5 Å². The summed E-state index contributed by atoms with van der Waals surface area (Å²) in [4.78, 5) is 28.0. The van der Waals surface area contributed by atoms with E-state index in [1.807, 2.05) is 67.8 Å². The summed E-state index contributed by atoms with van der Waals surface area (Å²) in [6.45, 7) is 4.03. The average Bonchev–Trinajstić information content (AvgIpc) is 3.53. The lowest BCUT2D eigenvalue weighted by Crippen LogP contribution is -2.36. The molecule has 1 aromatic carbocycles. The molecule has 2 aromatic heterocycles. The lowest BCUT2D eigenvalue weighted by atomic mass is 9.74. The first kappa shape index (κ1) is 23.2. The Hall–Kier alpha value is -3.58. The zero-order chi connectivity index (χ0) is 24.4. The number of furan rings is 1. The van der Waals surface area contributed by atoms with E-state index in [1.54, 1.807) is 11.3 Å². The van der Waals surface area contributed by atoms with E-state index in [9.17, 15) is 9.59 Å². The van der Waals surface area contributed by atoms with Gasteiger partial charge in [0.25, 0.3) is 0 Å². The normalized spacial score (nSPS) is 19.9. The molecule has 1 aliphatic carbocycles. The number of hydrogen-bond acceptors (Lipinski definition) is 7. The molecule has 2 atom stereocenters. The maximum Gasteiger partial charge on any atom is 0.336 e. The number of benzene rings is 1. The summed E-state index contributed by atoms with van der Waals surface area (Å²) in [7, 11) is 0. The van der Waals surface area contributed by atoms with Crippen molar-refractivity contribution < 1.29 is 23.5 Å². The van der Waals surface area contributed by atoms with Gasteiger partial charge in [-0.15, -0.1) is 11.3 Å². The Kier molecular flexibility index (Phi) is 6.59. The smallest absolute Gasteiger partial charge is 0.336 e. The molecule has 0 saturated carbocycles. The van der Waals surface area contributed by atoms with E-state index in [0.717, 1.165) is 11.5 Å². The number of Topliss-reactive ketones (excluding diaryl/α,β-unsaturated/α-hetero) is 1. The number of dihydropyridines is 1. The van der Waals surface area contributed by atoms with Gasteiger partial charge < -0.3 is 19.2 Å². The maximum atomic E-state index is 13.5.